The van der Waals surface area contributed by atoms with Gasteiger partial charge in [0, 0.05) is 30.5 Å². The molecule has 0 aliphatic rings. The lowest BCUT2D eigenvalue weighted by Crippen LogP contribution is -2.16. The second-order valence-corrected chi connectivity index (χ2v) is 4.09. The second-order valence-electron chi connectivity index (χ2n) is 4.09. The summed E-state index contributed by atoms with van der Waals surface area (Å²) in [6.45, 7) is 3.52. The van der Waals surface area contributed by atoms with Gasteiger partial charge < -0.3 is 20.5 Å². The van der Waals surface area contributed by atoms with Crippen LogP contribution >= 0.6 is 24.8 Å². The molecule has 0 radical (unpaired) electrons. The summed E-state index contributed by atoms with van der Waals surface area (Å²) in [5, 5.41) is 8.48. The van der Waals surface area contributed by atoms with Gasteiger partial charge in [-0.3, -0.25) is 4.79 Å². The highest BCUT2D eigenvalue weighted by molar-refractivity contribution is 5.85. The molecule has 0 saturated heterocycles. The minimum Gasteiger partial charge on any atom is -0.481 e. The van der Waals surface area contributed by atoms with Crippen LogP contribution in [0.4, 0.5) is 11.4 Å². The minimum absolute atomic E-state index is 0. The van der Waals surface area contributed by atoms with Crippen molar-refractivity contribution in [3.05, 3.63) is 23.8 Å². The molecular weight excluding hydrogens is 303 g/mol. The number of hydrogen-bond acceptors (Lipinski definition) is 4. The van der Waals surface area contributed by atoms with E-state index in [4.69, 9.17) is 15.6 Å². The molecule has 116 valence electrons. The maximum Gasteiger partial charge on any atom is 0.305 e. The number of carboxylic acids is 1. The molecule has 0 saturated carbocycles. The Bertz CT molecular complexity index is 417. The van der Waals surface area contributed by atoms with E-state index in [1.54, 1.807) is 0 Å². The molecule has 0 bridgehead atoms. The zero-order chi connectivity index (χ0) is 13.5. The topological polar surface area (TPSA) is 75.8 Å². The van der Waals surface area contributed by atoms with Gasteiger partial charge in [-0.25, -0.2) is 0 Å². The fraction of sp³-hybridized carbons (Fsp3) is 0.462. The molecule has 0 unspecified atom stereocenters. The number of hydrogen-bond donors (Lipinski definition) is 2. The summed E-state index contributed by atoms with van der Waals surface area (Å²) in [5.41, 5.74) is 8.54. The smallest absolute Gasteiger partial charge is 0.305 e. The number of anilines is 2. The van der Waals surface area contributed by atoms with Gasteiger partial charge in [0.15, 0.2) is 0 Å². The van der Waals surface area contributed by atoms with Gasteiger partial charge >= 0.3 is 5.97 Å². The Labute approximate surface area is 131 Å². The largest absolute Gasteiger partial charge is 0.481 e. The lowest BCUT2D eigenvalue weighted by molar-refractivity contribution is -0.138. The molecule has 1 rings (SSSR count). The van der Waals surface area contributed by atoms with E-state index in [1.165, 1.54) is 0 Å². The highest BCUT2D eigenvalue weighted by atomic mass is 35.5. The molecule has 3 N–H and O–H groups in total. The van der Waals surface area contributed by atoms with Crippen molar-refractivity contribution in [2.75, 3.05) is 30.8 Å². The second kappa shape index (κ2) is 10.6. The third-order valence-corrected chi connectivity index (χ3v) is 2.76. The van der Waals surface area contributed by atoms with E-state index < -0.39 is 5.97 Å². The van der Waals surface area contributed by atoms with E-state index in [0.29, 0.717) is 12.3 Å². The van der Waals surface area contributed by atoms with Gasteiger partial charge in [-0.2, -0.15) is 0 Å². The number of nitrogens with two attached hydrogens (primary N) is 1. The molecule has 20 heavy (non-hydrogen) atoms. The molecule has 0 aliphatic carbocycles. The van der Waals surface area contributed by atoms with Crippen LogP contribution in [-0.2, 0) is 16.1 Å². The summed E-state index contributed by atoms with van der Waals surface area (Å²) in [6.07, 6.45) is 0.0105. The molecule has 0 heterocycles. The SMILES string of the molecule is CCN(C)c1ccc(COCCC(=O)O)c(N)c1.Cl.Cl. The van der Waals surface area contributed by atoms with Gasteiger partial charge in [0.25, 0.3) is 0 Å². The summed E-state index contributed by atoms with van der Waals surface area (Å²) in [5.74, 6) is -0.858. The number of aliphatic carboxylic acids is 1. The zero-order valence-corrected chi connectivity index (χ0v) is 13.3. The van der Waals surface area contributed by atoms with Crippen molar-refractivity contribution in [2.45, 2.75) is 20.0 Å². The van der Waals surface area contributed by atoms with E-state index in [0.717, 1.165) is 17.8 Å². The summed E-state index contributed by atoms with van der Waals surface area (Å²) < 4.78 is 5.26. The maximum atomic E-state index is 10.3. The Morgan fingerprint density at radius 3 is 2.55 bits per heavy atom. The Balaban J connectivity index is 0. The Kier molecular flexibility index (Phi) is 11.2. The number of benzene rings is 1. The Morgan fingerprint density at radius 1 is 1.40 bits per heavy atom. The molecule has 0 atom stereocenters. The number of carboxylic acid groups (broad SMARTS) is 1. The number of carbonyl (C=O) groups is 1. The van der Waals surface area contributed by atoms with Crippen molar-refractivity contribution >= 4 is 42.2 Å². The number of nitrogen functional groups attached to an aromatic ring is 1. The molecule has 0 spiro atoms. The van der Waals surface area contributed by atoms with Crippen molar-refractivity contribution in [1.29, 1.82) is 0 Å². The fourth-order valence-corrected chi connectivity index (χ4v) is 1.48. The Morgan fingerprint density at radius 2 is 2.05 bits per heavy atom. The standard InChI is InChI=1S/C13H20N2O3.2ClH/c1-3-15(2)11-5-4-10(12(14)8-11)9-18-7-6-13(16)17;;/h4-5,8H,3,6-7,9,14H2,1-2H3,(H,16,17);2*1H. The summed E-state index contributed by atoms with van der Waals surface area (Å²) in [7, 11) is 2.00. The van der Waals surface area contributed by atoms with Crippen LogP contribution in [0.5, 0.6) is 0 Å². The average Bonchev–Trinajstić information content (AvgIpc) is 2.34. The van der Waals surface area contributed by atoms with Gasteiger partial charge in [-0.05, 0) is 19.1 Å². The average molecular weight is 325 g/mol. The first-order chi connectivity index (χ1) is 8.54. The lowest BCUT2D eigenvalue weighted by Gasteiger charge is -2.18. The first-order valence-corrected chi connectivity index (χ1v) is 5.93. The fourth-order valence-electron chi connectivity index (χ4n) is 1.48. The molecule has 0 fully saturated rings. The number of nitrogens with zero attached hydrogens (tertiary/aromatic N) is 1. The Hall–Kier alpha value is -1.17. The van der Waals surface area contributed by atoms with Crippen LogP contribution < -0.4 is 10.6 Å². The summed E-state index contributed by atoms with van der Waals surface area (Å²) in [6, 6.07) is 5.80. The van der Waals surface area contributed by atoms with E-state index in [2.05, 4.69) is 11.8 Å². The van der Waals surface area contributed by atoms with Crippen LogP contribution in [0.1, 0.15) is 18.9 Å². The van der Waals surface area contributed by atoms with Crippen LogP contribution in [-0.4, -0.2) is 31.3 Å². The molecule has 1 aromatic carbocycles. The minimum atomic E-state index is -0.858. The van der Waals surface area contributed by atoms with Crippen molar-refractivity contribution in [3.8, 4) is 0 Å². The predicted molar refractivity (Wildman–Crippen MR) is 86.2 cm³/mol. The quantitative estimate of drug-likeness (QED) is 0.595. The molecule has 7 heteroatoms. The highest BCUT2D eigenvalue weighted by Gasteiger charge is 2.04. The zero-order valence-electron chi connectivity index (χ0n) is 11.7. The molecule has 0 aromatic heterocycles. The van der Waals surface area contributed by atoms with Crippen LogP contribution in [0.3, 0.4) is 0 Å². The molecule has 0 aliphatic heterocycles. The van der Waals surface area contributed by atoms with Crippen LogP contribution in [0.15, 0.2) is 18.2 Å². The van der Waals surface area contributed by atoms with Gasteiger partial charge in [0.05, 0.1) is 19.6 Å². The van der Waals surface area contributed by atoms with Crippen LogP contribution in [0, 0.1) is 0 Å². The normalized spacial score (nSPS) is 9.30. The van der Waals surface area contributed by atoms with E-state index in [9.17, 15) is 4.79 Å². The van der Waals surface area contributed by atoms with Gasteiger partial charge in [0.1, 0.15) is 0 Å². The van der Waals surface area contributed by atoms with E-state index in [1.807, 2.05) is 25.2 Å². The molecule has 5 nitrogen and oxygen atoms in total. The maximum absolute atomic E-state index is 10.3. The third-order valence-electron chi connectivity index (χ3n) is 2.76. The number of rotatable bonds is 7. The van der Waals surface area contributed by atoms with Gasteiger partial charge in [-0.1, -0.05) is 6.07 Å². The molecular formula is C13H22Cl2N2O3. The molecule has 1 aromatic rings. The predicted octanol–water partition coefficient (Wildman–Crippen LogP) is 2.56. The van der Waals surface area contributed by atoms with Crippen molar-refractivity contribution in [1.82, 2.24) is 0 Å². The summed E-state index contributed by atoms with van der Waals surface area (Å²) in [4.78, 5) is 12.4. The third kappa shape index (κ3) is 6.84. The first kappa shape index (κ1) is 21.1. The van der Waals surface area contributed by atoms with E-state index in [-0.39, 0.29) is 37.8 Å². The lowest BCUT2D eigenvalue weighted by atomic mass is 10.1. The van der Waals surface area contributed by atoms with Crippen LogP contribution in [0.25, 0.3) is 0 Å². The summed E-state index contributed by atoms with van der Waals surface area (Å²) >= 11 is 0. The number of halogens is 2. The van der Waals surface area contributed by atoms with Crippen molar-refractivity contribution in [2.24, 2.45) is 0 Å². The first-order valence-electron chi connectivity index (χ1n) is 5.93. The van der Waals surface area contributed by atoms with Gasteiger partial charge in [0.2, 0.25) is 0 Å². The van der Waals surface area contributed by atoms with Crippen molar-refractivity contribution in [3.63, 3.8) is 0 Å². The number of ether oxygens (including phenoxy) is 1. The van der Waals surface area contributed by atoms with E-state index >= 15 is 0 Å². The highest BCUT2D eigenvalue weighted by Crippen LogP contribution is 2.21. The van der Waals surface area contributed by atoms with Gasteiger partial charge in [-0.15, -0.1) is 24.8 Å². The van der Waals surface area contributed by atoms with Crippen molar-refractivity contribution < 1.29 is 14.6 Å². The van der Waals surface area contributed by atoms with Crippen LogP contribution in [0.2, 0.25) is 0 Å². The monoisotopic (exact) mass is 324 g/mol. The molecule has 0 amide bonds.